The Balaban J connectivity index is 2.25. The van der Waals surface area contributed by atoms with Gasteiger partial charge in [0.25, 0.3) is 0 Å². The van der Waals surface area contributed by atoms with Crippen LogP contribution in [0.15, 0.2) is 40.9 Å². The fourth-order valence-corrected chi connectivity index (χ4v) is 2.00. The third-order valence-corrected chi connectivity index (χ3v) is 3.50. The van der Waals surface area contributed by atoms with Crippen LogP contribution in [-0.4, -0.2) is 5.11 Å². The molecule has 0 heterocycles. The first-order valence-corrected chi connectivity index (χ1v) is 6.75. The SMILES string of the molecule is CC(O)c1ccc(Oc2ccc(Br)c(F)c2)c(Cl)c1. The molecule has 0 aliphatic carbocycles. The fraction of sp³-hybridized carbons (Fsp3) is 0.143. The van der Waals surface area contributed by atoms with Crippen molar-refractivity contribution in [1.29, 1.82) is 0 Å². The predicted octanol–water partition coefficient (Wildman–Crippen LogP) is 5.09. The van der Waals surface area contributed by atoms with E-state index in [-0.39, 0.29) is 0 Å². The molecule has 0 fully saturated rings. The van der Waals surface area contributed by atoms with Crippen LogP contribution in [0.4, 0.5) is 4.39 Å². The van der Waals surface area contributed by atoms with E-state index in [1.807, 2.05) is 0 Å². The largest absolute Gasteiger partial charge is 0.456 e. The first kappa shape index (κ1) is 14.3. The molecule has 5 heteroatoms. The highest BCUT2D eigenvalue weighted by Crippen LogP contribution is 2.32. The topological polar surface area (TPSA) is 29.5 Å². The second kappa shape index (κ2) is 5.90. The summed E-state index contributed by atoms with van der Waals surface area (Å²) in [5, 5.41) is 9.80. The van der Waals surface area contributed by atoms with Crippen molar-refractivity contribution in [3.05, 3.63) is 57.3 Å². The second-order valence-electron chi connectivity index (χ2n) is 4.04. The van der Waals surface area contributed by atoms with Crippen molar-refractivity contribution in [2.45, 2.75) is 13.0 Å². The van der Waals surface area contributed by atoms with Crippen molar-refractivity contribution in [3.8, 4) is 11.5 Å². The smallest absolute Gasteiger partial charge is 0.146 e. The van der Waals surface area contributed by atoms with E-state index >= 15 is 0 Å². The maximum absolute atomic E-state index is 13.4. The lowest BCUT2D eigenvalue weighted by Gasteiger charge is -2.10. The molecule has 0 aliphatic rings. The summed E-state index contributed by atoms with van der Waals surface area (Å²) in [5.41, 5.74) is 0.694. The Labute approximate surface area is 123 Å². The summed E-state index contributed by atoms with van der Waals surface area (Å²) in [4.78, 5) is 0. The minimum Gasteiger partial charge on any atom is -0.456 e. The Bertz CT molecular complexity index is 602. The minimum absolute atomic E-state index is 0.354. The number of hydrogen-bond donors (Lipinski definition) is 1. The number of halogens is 3. The number of aliphatic hydroxyl groups is 1. The number of hydrogen-bond acceptors (Lipinski definition) is 2. The fourth-order valence-electron chi connectivity index (χ4n) is 1.53. The molecule has 0 saturated carbocycles. The zero-order chi connectivity index (χ0) is 14.0. The van der Waals surface area contributed by atoms with Gasteiger partial charge in [0, 0.05) is 6.07 Å². The Morgan fingerprint density at radius 3 is 2.58 bits per heavy atom. The average Bonchev–Trinajstić information content (AvgIpc) is 2.36. The molecule has 1 N–H and O–H groups in total. The molecule has 0 amide bonds. The van der Waals surface area contributed by atoms with E-state index in [1.165, 1.54) is 6.07 Å². The van der Waals surface area contributed by atoms with Crippen molar-refractivity contribution in [1.82, 2.24) is 0 Å². The summed E-state index contributed by atoms with van der Waals surface area (Å²) >= 11 is 9.13. The van der Waals surface area contributed by atoms with Crippen LogP contribution in [0, 0.1) is 5.82 Å². The van der Waals surface area contributed by atoms with E-state index in [0.717, 1.165) is 0 Å². The van der Waals surface area contributed by atoms with Crippen LogP contribution < -0.4 is 4.74 Å². The molecule has 100 valence electrons. The van der Waals surface area contributed by atoms with Crippen LogP contribution in [0.1, 0.15) is 18.6 Å². The number of rotatable bonds is 3. The van der Waals surface area contributed by atoms with Crippen LogP contribution in [0.3, 0.4) is 0 Å². The van der Waals surface area contributed by atoms with Gasteiger partial charge in [-0.25, -0.2) is 4.39 Å². The zero-order valence-electron chi connectivity index (χ0n) is 10.0. The molecule has 0 aromatic heterocycles. The van der Waals surface area contributed by atoms with Gasteiger partial charge < -0.3 is 9.84 Å². The molecule has 0 bridgehead atoms. The molecule has 2 nitrogen and oxygen atoms in total. The monoisotopic (exact) mass is 344 g/mol. The summed E-state index contributed by atoms with van der Waals surface area (Å²) in [6, 6.07) is 9.43. The summed E-state index contributed by atoms with van der Waals surface area (Å²) in [5.74, 6) is 0.356. The van der Waals surface area contributed by atoms with Gasteiger partial charge in [0.05, 0.1) is 15.6 Å². The lowest BCUT2D eigenvalue weighted by molar-refractivity contribution is 0.199. The Morgan fingerprint density at radius 2 is 2.00 bits per heavy atom. The van der Waals surface area contributed by atoms with E-state index < -0.39 is 11.9 Å². The number of ether oxygens (including phenoxy) is 1. The summed E-state index contributed by atoms with van der Waals surface area (Å²) in [7, 11) is 0. The Hall–Kier alpha value is -1.10. The van der Waals surface area contributed by atoms with Crippen LogP contribution in [0.5, 0.6) is 11.5 Å². The lowest BCUT2D eigenvalue weighted by Crippen LogP contribution is -1.92. The molecule has 0 radical (unpaired) electrons. The molecule has 0 aliphatic heterocycles. The van der Waals surface area contributed by atoms with Gasteiger partial charge in [-0.3, -0.25) is 0 Å². The Morgan fingerprint density at radius 1 is 1.26 bits per heavy atom. The second-order valence-corrected chi connectivity index (χ2v) is 5.31. The van der Waals surface area contributed by atoms with Crippen LogP contribution in [0.2, 0.25) is 5.02 Å². The molecule has 19 heavy (non-hydrogen) atoms. The molecule has 2 aromatic rings. The van der Waals surface area contributed by atoms with E-state index in [9.17, 15) is 9.50 Å². The van der Waals surface area contributed by atoms with Crippen LogP contribution in [0.25, 0.3) is 0 Å². The lowest BCUT2D eigenvalue weighted by atomic mass is 10.1. The van der Waals surface area contributed by atoms with Crippen molar-refractivity contribution < 1.29 is 14.2 Å². The van der Waals surface area contributed by atoms with Gasteiger partial charge in [0.1, 0.15) is 17.3 Å². The highest BCUT2D eigenvalue weighted by Gasteiger charge is 2.08. The normalized spacial score (nSPS) is 12.3. The van der Waals surface area contributed by atoms with Crippen molar-refractivity contribution in [3.63, 3.8) is 0 Å². The van der Waals surface area contributed by atoms with Crippen molar-refractivity contribution in [2.75, 3.05) is 0 Å². The van der Waals surface area contributed by atoms with Crippen molar-refractivity contribution in [2.24, 2.45) is 0 Å². The molecule has 2 rings (SSSR count). The molecule has 2 aromatic carbocycles. The van der Waals surface area contributed by atoms with Gasteiger partial charge in [0.2, 0.25) is 0 Å². The van der Waals surface area contributed by atoms with Crippen LogP contribution in [-0.2, 0) is 0 Å². The zero-order valence-corrected chi connectivity index (χ0v) is 12.4. The average molecular weight is 346 g/mol. The van der Waals surface area contributed by atoms with Gasteiger partial charge >= 0.3 is 0 Å². The maximum Gasteiger partial charge on any atom is 0.146 e. The summed E-state index contributed by atoms with van der Waals surface area (Å²) < 4.78 is 19.2. The quantitative estimate of drug-likeness (QED) is 0.840. The number of benzene rings is 2. The standard InChI is InChI=1S/C14H11BrClFO2/c1-8(18)9-2-5-14(12(16)6-9)19-10-3-4-11(15)13(17)7-10/h2-8,18H,1H3. The van der Waals surface area contributed by atoms with Gasteiger partial charge in [0.15, 0.2) is 0 Å². The van der Waals surface area contributed by atoms with Crippen molar-refractivity contribution >= 4 is 27.5 Å². The van der Waals surface area contributed by atoms with Crippen LogP contribution >= 0.6 is 27.5 Å². The van der Waals surface area contributed by atoms with Gasteiger partial charge in [-0.2, -0.15) is 0 Å². The van der Waals surface area contributed by atoms with E-state index in [2.05, 4.69) is 15.9 Å². The number of aliphatic hydroxyl groups excluding tert-OH is 1. The molecule has 1 unspecified atom stereocenters. The molecular formula is C14H11BrClFO2. The van der Waals surface area contributed by atoms with Gasteiger partial charge in [-0.1, -0.05) is 17.7 Å². The highest BCUT2D eigenvalue weighted by molar-refractivity contribution is 9.10. The molecular weight excluding hydrogens is 335 g/mol. The first-order chi connectivity index (χ1) is 8.97. The first-order valence-electron chi connectivity index (χ1n) is 5.58. The Kier molecular flexibility index (Phi) is 4.45. The summed E-state index contributed by atoms with van der Waals surface area (Å²) in [6.45, 7) is 1.65. The molecule has 0 spiro atoms. The minimum atomic E-state index is -0.600. The third kappa shape index (κ3) is 3.47. The maximum atomic E-state index is 13.4. The highest BCUT2D eigenvalue weighted by atomic mass is 79.9. The van der Waals surface area contributed by atoms with Gasteiger partial charge in [-0.05, 0) is 52.7 Å². The van der Waals surface area contributed by atoms with E-state index in [0.29, 0.717) is 26.6 Å². The molecule has 1 atom stereocenters. The van der Waals surface area contributed by atoms with E-state index in [4.69, 9.17) is 16.3 Å². The molecule has 0 saturated heterocycles. The summed E-state index contributed by atoms with van der Waals surface area (Å²) in [6.07, 6.45) is -0.600. The van der Waals surface area contributed by atoms with E-state index in [1.54, 1.807) is 37.3 Å². The van der Waals surface area contributed by atoms with Gasteiger partial charge in [-0.15, -0.1) is 0 Å². The predicted molar refractivity (Wildman–Crippen MR) is 76.3 cm³/mol. The third-order valence-electron chi connectivity index (χ3n) is 2.56.